The number of furan rings is 1. The molecule has 0 atom stereocenters. The van der Waals surface area contributed by atoms with E-state index in [9.17, 15) is 13.2 Å². The van der Waals surface area contributed by atoms with Crippen molar-refractivity contribution in [3.8, 4) is 11.5 Å². The summed E-state index contributed by atoms with van der Waals surface area (Å²) in [6.45, 7) is 0. The molecule has 3 aromatic rings. The van der Waals surface area contributed by atoms with Gasteiger partial charge in [-0.2, -0.15) is 18.3 Å². The second-order valence-corrected chi connectivity index (χ2v) is 3.60. The van der Waals surface area contributed by atoms with Crippen molar-refractivity contribution in [3.63, 3.8) is 0 Å². The first-order valence-electron chi connectivity index (χ1n) is 5.01. The molecule has 3 rings (SSSR count). The van der Waals surface area contributed by atoms with Gasteiger partial charge in [0.25, 0.3) is 0 Å². The Labute approximate surface area is 98.7 Å². The van der Waals surface area contributed by atoms with Crippen LogP contribution >= 0.6 is 0 Å². The van der Waals surface area contributed by atoms with Crippen LogP contribution in [0, 0.1) is 0 Å². The Kier molecular flexibility index (Phi) is 2.16. The van der Waals surface area contributed by atoms with Gasteiger partial charge in [0.05, 0.1) is 12.5 Å². The molecule has 3 aromatic heterocycles. The molecule has 0 spiro atoms. The summed E-state index contributed by atoms with van der Waals surface area (Å²) in [6.07, 6.45) is -1.86. The minimum Gasteiger partial charge on any atom is -0.463 e. The molecule has 7 heteroatoms. The average Bonchev–Trinajstić information content (AvgIpc) is 2.97. The summed E-state index contributed by atoms with van der Waals surface area (Å²) in [5.74, 6) is 0.282. The zero-order valence-corrected chi connectivity index (χ0v) is 8.85. The van der Waals surface area contributed by atoms with Crippen LogP contribution in [0.3, 0.4) is 0 Å². The number of halogens is 3. The summed E-state index contributed by atoms with van der Waals surface area (Å²) >= 11 is 0. The van der Waals surface area contributed by atoms with Crippen molar-refractivity contribution < 1.29 is 17.6 Å². The molecule has 0 unspecified atom stereocenters. The fraction of sp³-hybridized carbons (Fsp3) is 0.0909. The third-order valence-electron chi connectivity index (χ3n) is 2.42. The van der Waals surface area contributed by atoms with Gasteiger partial charge in [0.2, 0.25) is 0 Å². The molecular formula is C11H6F3N3O. The molecule has 0 aromatic carbocycles. The standard InChI is InChI=1S/C11H6F3N3O/c12-11(13,14)9-6-7(8-2-1-5-18-8)16-10-3-4-15-17(9)10/h1-6H. The lowest BCUT2D eigenvalue weighted by atomic mass is 10.2. The van der Waals surface area contributed by atoms with Gasteiger partial charge < -0.3 is 4.42 Å². The highest BCUT2D eigenvalue weighted by Gasteiger charge is 2.35. The lowest BCUT2D eigenvalue weighted by Crippen LogP contribution is -2.13. The molecule has 0 amide bonds. The predicted molar refractivity (Wildman–Crippen MR) is 55.7 cm³/mol. The minimum absolute atomic E-state index is 0.122. The van der Waals surface area contributed by atoms with Crippen LogP contribution < -0.4 is 0 Å². The topological polar surface area (TPSA) is 43.3 Å². The largest absolute Gasteiger partial charge is 0.463 e. The van der Waals surface area contributed by atoms with Crippen molar-refractivity contribution in [1.29, 1.82) is 0 Å². The van der Waals surface area contributed by atoms with E-state index in [1.54, 1.807) is 12.1 Å². The van der Waals surface area contributed by atoms with E-state index >= 15 is 0 Å². The van der Waals surface area contributed by atoms with E-state index < -0.39 is 11.9 Å². The molecule has 0 saturated carbocycles. The van der Waals surface area contributed by atoms with Crippen molar-refractivity contribution >= 4 is 5.65 Å². The van der Waals surface area contributed by atoms with Crippen LogP contribution in [0.15, 0.2) is 41.1 Å². The van der Waals surface area contributed by atoms with Gasteiger partial charge in [0, 0.05) is 6.07 Å². The Balaban J connectivity index is 2.30. The summed E-state index contributed by atoms with van der Waals surface area (Å²) in [5.41, 5.74) is -0.638. The first-order chi connectivity index (χ1) is 8.55. The molecule has 0 radical (unpaired) electrons. The van der Waals surface area contributed by atoms with E-state index in [0.29, 0.717) is 0 Å². The number of aromatic nitrogens is 3. The number of alkyl halides is 3. The highest BCUT2D eigenvalue weighted by Crippen LogP contribution is 2.31. The molecule has 0 bridgehead atoms. The van der Waals surface area contributed by atoms with Gasteiger partial charge >= 0.3 is 6.18 Å². The van der Waals surface area contributed by atoms with Gasteiger partial charge in [-0.05, 0) is 18.2 Å². The van der Waals surface area contributed by atoms with Gasteiger partial charge in [0.1, 0.15) is 5.69 Å². The van der Waals surface area contributed by atoms with Crippen LogP contribution in [0.1, 0.15) is 5.69 Å². The van der Waals surface area contributed by atoms with E-state index in [1.165, 1.54) is 18.5 Å². The second kappa shape index (κ2) is 3.59. The molecule has 0 N–H and O–H groups in total. The zero-order valence-electron chi connectivity index (χ0n) is 8.85. The van der Waals surface area contributed by atoms with Crippen molar-refractivity contribution in [2.24, 2.45) is 0 Å². The van der Waals surface area contributed by atoms with Gasteiger partial charge in [0.15, 0.2) is 17.1 Å². The van der Waals surface area contributed by atoms with Crippen LogP contribution in [0.5, 0.6) is 0 Å². The molecule has 0 aliphatic carbocycles. The van der Waals surface area contributed by atoms with E-state index in [4.69, 9.17) is 4.42 Å². The third-order valence-corrected chi connectivity index (χ3v) is 2.42. The lowest BCUT2D eigenvalue weighted by Gasteiger charge is -2.09. The van der Waals surface area contributed by atoms with E-state index in [0.717, 1.165) is 10.6 Å². The van der Waals surface area contributed by atoms with Gasteiger partial charge in [-0.25, -0.2) is 9.50 Å². The summed E-state index contributed by atoms with van der Waals surface area (Å²) in [6, 6.07) is 5.46. The average molecular weight is 253 g/mol. The predicted octanol–water partition coefficient (Wildman–Crippen LogP) is 3.01. The SMILES string of the molecule is FC(F)(F)c1cc(-c2ccco2)nc2ccnn12. The second-order valence-electron chi connectivity index (χ2n) is 3.60. The highest BCUT2D eigenvalue weighted by atomic mass is 19.4. The minimum atomic E-state index is -4.51. The van der Waals surface area contributed by atoms with Crippen molar-refractivity contribution in [1.82, 2.24) is 14.6 Å². The normalized spacial score (nSPS) is 12.2. The summed E-state index contributed by atoms with van der Waals surface area (Å²) in [7, 11) is 0. The maximum absolute atomic E-state index is 12.9. The summed E-state index contributed by atoms with van der Waals surface area (Å²) in [4.78, 5) is 4.06. The third kappa shape index (κ3) is 1.64. The van der Waals surface area contributed by atoms with E-state index in [-0.39, 0.29) is 17.1 Å². The number of hydrogen-bond acceptors (Lipinski definition) is 3. The smallest absolute Gasteiger partial charge is 0.433 e. The zero-order chi connectivity index (χ0) is 12.8. The molecule has 18 heavy (non-hydrogen) atoms. The van der Waals surface area contributed by atoms with Crippen molar-refractivity contribution in [2.75, 3.05) is 0 Å². The molecule has 0 fully saturated rings. The number of hydrogen-bond donors (Lipinski definition) is 0. The monoisotopic (exact) mass is 253 g/mol. The molecule has 4 nitrogen and oxygen atoms in total. The Morgan fingerprint density at radius 3 is 2.72 bits per heavy atom. The maximum Gasteiger partial charge on any atom is 0.433 e. The van der Waals surface area contributed by atoms with Crippen LogP contribution in [0.25, 0.3) is 17.1 Å². The summed E-state index contributed by atoms with van der Waals surface area (Å²) in [5, 5.41) is 3.61. The fourth-order valence-electron chi connectivity index (χ4n) is 1.67. The molecular weight excluding hydrogens is 247 g/mol. The Bertz CT molecular complexity index is 685. The van der Waals surface area contributed by atoms with Crippen LogP contribution in [-0.2, 0) is 6.18 Å². The molecule has 0 saturated heterocycles. The van der Waals surface area contributed by atoms with Gasteiger partial charge in [-0.1, -0.05) is 0 Å². The number of rotatable bonds is 1. The van der Waals surface area contributed by atoms with Gasteiger partial charge in [-0.3, -0.25) is 0 Å². The summed E-state index contributed by atoms with van der Waals surface area (Å²) < 4.78 is 44.5. The first kappa shape index (κ1) is 10.8. The first-order valence-corrected chi connectivity index (χ1v) is 5.01. The number of fused-ring (bicyclic) bond motifs is 1. The Hall–Kier alpha value is -2.31. The Morgan fingerprint density at radius 2 is 2.06 bits per heavy atom. The quantitative estimate of drug-likeness (QED) is 0.669. The van der Waals surface area contributed by atoms with Crippen LogP contribution in [0.4, 0.5) is 13.2 Å². The van der Waals surface area contributed by atoms with Crippen molar-refractivity contribution in [2.45, 2.75) is 6.18 Å². The highest BCUT2D eigenvalue weighted by molar-refractivity contribution is 5.57. The fourth-order valence-corrected chi connectivity index (χ4v) is 1.67. The lowest BCUT2D eigenvalue weighted by molar-refractivity contribution is -0.142. The van der Waals surface area contributed by atoms with Gasteiger partial charge in [-0.15, -0.1) is 0 Å². The Morgan fingerprint density at radius 1 is 1.22 bits per heavy atom. The van der Waals surface area contributed by atoms with E-state index in [2.05, 4.69) is 10.1 Å². The maximum atomic E-state index is 12.9. The molecule has 92 valence electrons. The van der Waals surface area contributed by atoms with Crippen LogP contribution in [0.2, 0.25) is 0 Å². The van der Waals surface area contributed by atoms with Crippen molar-refractivity contribution in [3.05, 3.63) is 42.4 Å². The van der Waals surface area contributed by atoms with Crippen LogP contribution in [-0.4, -0.2) is 14.6 Å². The molecule has 0 aliphatic heterocycles. The number of nitrogens with zero attached hydrogens (tertiary/aromatic N) is 3. The molecule has 3 heterocycles. The van der Waals surface area contributed by atoms with E-state index in [1.807, 2.05) is 0 Å². The molecule has 0 aliphatic rings.